The first-order chi connectivity index (χ1) is 12.5. The van der Waals surface area contributed by atoms with Gasteiger partial charge in [-0.05, 0) is 25.7 Å². The van der Waals surface area contributed by atoms with Gasteiger partial charge in [0.05, 0.1) is 12.8 Å². The van der Waals surface area contributed by atoms with Crippen LogP contribution in [0.2, 0.25) is 0 Å². The molecule has 2 fully saturated rings. The third kappa shape index (κ3) is 5.83. The van der Waals surface area contributed by atoms with Crippen molar-refractivity contribution in [2.24, 2.45) is 11.8 Å². The van der Waals surface area contributed by atoms with Gasteiger partial charge in [-0.15, -0.1) is 0 Å². The van der Waals surface area contributed by atoms with Crippen LogP contribution in [-0.2, 0) is 28.6 Å². The topological polar surface area (TPSA) is 90.9 Å². The van der Waals surface area contributed by atoms with Gasteiger partial charge >= 0.3 is 11.9 Å². The van der Waals surface area contributed by atoms with Crippen molar-refractivity contribution in [1.82, 2.24) is 5.32 Å². The summed E-state index contributed by atoms with van der Waals surface area (Å²) in [5.74, 6) is -1.91. The molecule has 0 aromatic rings. The molecule has 1 aliphatic carbocycles. The molecule has 1 aliphatic heterocycles. The molecule has 0 bridgehead atoms. The molecule has 2 aliphatic rings. The summed E-state index contributed by atoms with van der Waals surface area (Å²) in [5, 5.41) is 2.91. The molecule has 1 saturated heterocycles. The minimum Gasteiger partial charge on any atom is -0.463 e. The normalized spacial score (nSPS) is 20.5. The summed E-state index contributed by atoms with van der Waals surface area (Å²) < 4.78 is 15.3. The third-order valence-electron chi connectivity index (χ3n) is 4.97. The number of hydrogen-bond acceptors (Lipinski definition) is 6. The highest BCUT2D eigenvalue weighted by Crippen LogP contribution is 2.28. The number of rotatable bonds is 5. The molecule has 7 heteroatoms. The second kappa shape index (κ2) is 10.3. The van der Waals surface area contributed by atoms with Crippen LogP contribution >= 0.6 is 0 Å². The van der Waals surface area contributed by atoms with E-state index in [0.717, 1.165) is 38.5 Å². The summed E-state index contributed by atoms with van der Waals surface area (Å²) in [7, 11) is 1.22. The lowest BCUT2D eigenvalue weighted by Crippen LogP contribution is -2.37. The number of allylic oxidation sites excluding steroid dienone is 1. The molecule has 0 aromatic carbocycles. The minimum atomic E-state index is -0.761. The van der Waals surface area contributed by atoms with E-state index in [1.54, 1.807) is 0 Å². The predicted octanol–water partition coefficient (Wildman–Crippen LogP) is 2.45. The van der Waals surface area contributed by atoms with E-state index >= 15 is 0 Å². The van der Waals surface area contributed by atoms with Gasteiger partial charge < -0.3 is 19.5 Å². The largest absolute Gasteiger partial charge is 0.463 e. The minimum absolute atomic E-state index is 0.0800. The van der Waals surface area contributed by atoms with Crippen molar-refractivity contribution >= 4 is 17.8 Å². The van der Waals surface area contributed by atoms with Crippen LogP contribution in [0.25, 0.3) is 0 Å². The smallest absolute Gasteiger partial charge is 0.375 e. The van der Waals surface area contributed by atoms with E-state index in [4.69, 9.17) is 14.2 Å². The quantitative estimate of drug-likeness (QED) is 0.347. The monoisotopic (exact) mass is 367 g/mol. The van der Waals surface area contributed by atoms with Gasteiger partial charge in [0, 0.05) is 32.0 Å². The summed E-state index contributed by atoms with van der Waals surface area (Å²) in [4.78, 5) is 36.5. The summed E-state index contributed by atoms with van der Waals surface area (Å²) in [6.45, 7) is 2.28. The molecule has 0 unspecified atom stereocenters. The van der Waals surface area contributed by atoms with Crippen LogP contribution in [0.1, 0.15) is 58.3 Å². The average Bonchev–Trinajstić information content (AvgIpc) is 2.93. The lowest BCUT2D eigenvalue weighted by atomic mass is 9.93. The molecule has 0 atom stereocenters. The maximum Gasteiger partial charge on any atom is 0.375 e. The van der Waals surface area contributed by atoms with E-state index in [1.807, 2.05) is 0 Å². The van der Waals surface area contributed by atoms with Crippen LogP contribution in [0.3, 0.4) is 0 Å². The van der Waals surface area contributed by atoms with Crippen molar-refractivity contribution in [2.75, 3.05) is 20.3 Å². The number of ether oxygens (including phenoxy) is 3. The SMILES string of the molecule is COC(=O)C(OC(C)=O)=C(NC(=O)C1CCCCCC1)C1CCOCC1. The van der Waals surface area contributed by atoms with Crippen LogP contribution < -0.4 is 5.32 Å². The highest BCUT2D eigenvalue weighted by Gasteiger charge is 2.31. The van der Waals surface area contributed by atoms with E-state index in [-0.39, 0.29) is 23.5 Å². The molecule has 26 heavy (non-hydrogen) atoms. The van der Waals surface area contributed by atoms with E-state index in [1.165, 1.54) is 14.0 Å². The van der Waals surface area contributed by atoms with Crippen LogP contribution in [-0.4, -0.2) is 38.2 Å². The predicted molar refractivity (Wildman–Crippen MR) is 93.7 cm³/mol. The lowest BCUT2D eigenvalue weighted by molar-refractivity contribution is -0.149. The Kier molecular flexibility index (Phi) is 8.09. The molecule has 1 heterocycles. The van der Waals surface area contributed by atoms with Crippen LogP contribution in [0.15, 0.2) is 11.5 Å². The van der Waals surface area contributed by atoms with E-state index in [9.17, 15) is 14.4 Å². The Morgan fingerprint density at radius 2 is 1.54 bits per heavy atom. The number of methoxy groups -OCH3 is 1. The Balaban J connectivity index is 2.28. The van der Waals surface area contributed by atoms with Crippen molar-refractivity contribution in [3.8, 4) is 0 Å². The second-order valence-electron chi connectivity index (χ2n) is 6.89. The van der Waals surface area contributed by atoms with Crippen molar-refractivity contribution in [1.29, 1.82) is 0 Å². The maximum atomic E-state index is 12.8. The van der Waals surface area contributed by atoms with Gasteiger partial charge in [-0.3, -0.25) is 9.59 Å². The molecule has 146 valence electrons. The van der Waals surface area contributed by atoms with Gasteiger partial charge in [0.25, 0.3) is 0 Å². The Labute approximate surface area is 154 Å². The number of amides is 1. The first kappa shape index (κ1) is 20.4. The number of esters is 2. The molecule has 1 amide bonds. The molecule has 1 saturated carbocycles. The van der Waals surface area contributed by atoms with Gasteiger partial charge in [0.1, 0.15) is 0 Å². The standard InChI is InChI=1S/C19H29NO6/c1-13(21)26-17(19(23)24-2)16(14-9-11-25-12-10-14)20-18(22)15-7-5-3-4-6-8-15/h14-15H,3-12H2,1-2H3,(H,20,22). The van der Waals surface area contributed by atoms with E-state index < -0.39 is 11.9 Å². The first-order valence-electron chi connectivity index (χ1n) is 9.42. The van der Waals surface area contributed by atoms with Crippen molar-refractivity contribution < 1.29 is 28.6 Å². The fourth-order valence-electron chi connectivity index (χ4n) is 3.55. The molecular formula is C19H29NO6. The van der Waals surface area contributed by atoms with Gasteiger partial charge in [-0.25, -0.2) is 4.79 Å². The number of hydrogen-bond donors (Lipinski definition) is 1. The van der Waals surface area contributed by atoms with E-state index in [2.05, 4.69) is 5.32 Å². The summed E-state index contributed by atoms with van der Waals surface area (Å²) in [5.41, 5.74) is 0.351. The molecule has 7 nitrogen and oxygen atoms in total. The fourth-order valence-corrected chi connectivity index (χ4v) is 3.55. The zero-order chi connectivity index (χ0) is 18.9. The Hall–Kier alpha value is -1.89. The zero-order valence-electron chi connectivity index (χ0n) is 15.7. The number of carbonyl (C=O) groups excluding carboxylic acids is 3. The summed E-state index contributed by atoms with van der Waals surface area (Å²) in [6, 6.07) is 0. The van der Waals surface area contributed by atoms with Gasteiger partial charge in [0.15, 0.2) is 0 Å². The molecule has 0 radical (unpaired) electrons. The number of nitrogens with one attached hydrogen (secondary N) is 1. The number of carbonyl (C=O) groups is 3. The fraction of sp³-hybridized carbons (Fsp3) is 0.737. The van der Waals surface area contributed by atoms with Gasteiger partial charge in [0.2, 0.25) is 11.7 Å². The Bertz CT molecular complexity index is 542. The van der Waals surface area contributed by atoms with Crippen LogP contribution in [0.4, 0.5) is 0 Å². The third-order valence-corrected chi connectivity index (χ3v) is 4.97. The van der Waals surface area contributed by atoms with E-state index in [0.29, 0.717) is 31.8 Å². The molecular weight excluding hydrogens is 338 g/mol. The summed E-state index contributed by atoms with van der Waals surface area (Å²) >= 11 is 0. The molecule has 1 N–H and O–H groups in total. The molecule has 2 rings (SSSR count). The Morgan fingerprint density at radius 1 is 0.923 bits per heavy atom. The Morgan fingerprint density at radius 3 is 2.08 bits per heavy atom. The van der Waals surface area contributed by atoms with Crippen molar-refractivity contribution in [3.63, 3.8) is 0 Å². The lowest BCUT2D eigenvalue weighted by Gasteiger charge is -2.27. The second-order valence-corrected chi connectivity index (χ2v) is 6.89. The van der Waals surface area contributed by atoms with Crippen molar-refractivity contribution in [2.45, 2.75) is 58.3 Å². The zero-order valence-corrected chi connectivity index (χ0v) is 15.7. The van der Waals surface area contributed by atoms with Crippen molar-refractivity contribution in [3.05, 3.63) is 11.5 Å². The van der Waals surface area contributed by atoms with Crippen LogP contribution in [0.5, 0.6) is 0 Å². The molecule has 0 aromatic heterocycles. The highest BCUT2D eigenvalue weighted by molar-refractivity contribution is 5.91. The molecule has 0 spiro atoms. The van der Waals surface area contributed by atoms with Crippen LogP contribution in [0, 0.1) is 11.8 Å². The van der Waals surface area contributed by atoms with Gasteiger partial charge in [-0.2, -0.15) is 0 Å². The highest BCUT2D eigenvalue weighted by atomic mass is 16.6. The first-order valence-corrected chi connectivity index (χ1v) is 9.42. The maximum absolute atomic E-state index is 12.8. The summed E-state index contributed by atoms with van der Waals surface area (Å²) in [6.07, 6.45) is 7.32. The average molecular weight is 367 g/mol. The van der Waals surface area contributed by atoms with Gasteiger partial charge in [-0.1, -0.05) is 25.7 Å².